The number of benzene rings is 2. The molecule has 0 bridgehead atoms. The summed E-state index contributed by atoms with van der Waals surface area (Å²) in [6.07, 6.45) is 0.701. The second-order valence-electron chi connectivity index (χ2n) is 5.52. The van der Waals surface area contributed by atoms with Crippen LogP contribution in [0.2, 0.25) is 0 Å². The molecular formula is C19H16F2N4O. The van der Waals surface area contributed by atoms with E-state index in [1.54, 1.807) is 0 Å². The maximum atomic E-state index is 13.6. The Balaban J connectivity index is 1.57. The summed E-state index contributed by atoms with van der Waals surface area (Å²) in [5.74, 6) is -1.71. The minimum Gasteiger partial charge on any atom is -0.350 e. The van der Waals surface area contributed by atoms with E-state index in [9.17, 15) is 13.6 Å². The van der Waals surface area contributed by atoms with Gasteiger partial charge in [-0.1, -0.05) is 36.4 Å². The van der Waals surface area contributed by atoms with E-state index >= 15 is 0 Å². The molecule has 26 heavy (non-hydrogen) atoms. The molecule has 3 aromatic rings. The number of anilines is 2. The Hall–Kier alpha value is -3.35. The first-order chi connectivity index (χ1) is 12.6. The highest BCUT2D eigenvalue weighted by molar-refractivity contribution is 5.92. The molecule has 0 unspecified atom stereocenters. The topological polar surface area (TPSA) is 66.9 Å². The summed E-state index contributed by atoms with van der Waals surface area (Å²) in [5, 5.41) is 12.8. The lowest BCUT2D eigenvalue weighted by Gasteiger charge is -2.08. The number of nitrogens with zero attached hydrogens (tertiary/aromatic N) is 2. The lowest BCUT2D eigenvalue weighted by Crippen LogP contribution is -2.26. The van der Waals surface area contributed by atoms with E-state index in [-0.39, 0.29) is 23.1 Å². The lowest BCUT2D eigenvalue weighted by atomic mass is 10.1. The van der Waals surface area contributed by atoms with E-state index in [0.29, 0.717) is 13.0 Å². The monoisotopic (exact) mass is 354 g/mol. The fraction of sp³-hybridized carbons (Fsp3) is 0.105. The van der Waals surface area contributed by atoms with Gasteiger partial charge in [-0.25, -0.2) is 8.78 Å². The van der Waals surface area contributed by atoms with Gasteiger partial charge in [0.2, 0.25) is 0 Å². The molecule has 2 N–H and O–H groups in total. The fourth-order valence-electron chi connectivity index (χ4n) is 2.32. The molecule has 132 valence electrons. The minimum atomic E-state index is -0.741. The number of para-hydroxylation sites is 1. The van der Waals surface area contributed by atoms with Crippen LogP contribution in [0.3, 0.4) is 0 Å². The van der Waals surface area contributed by atoms with E-state index in [4.69, 9.17) is 0 Å². The third-order valence-electron chi connectivity index (χ3n) is 3.66. The van der Waals surface area contributed by atoms with Crippen LogP contribution in [0, 0.1) is 11.6 Å². The van der Waals surface area contributed by atoms with Crippen LogP contribution in [0.15, 0.2) is 60.7 Å². The highest BCUT2D eigenvalue weighted by atomic mass is 19.1. The zero-order valence-electron chi connectivity index (χ0n) is 13.7. The second kappa shape index (κ2) is 8.15. The molecule has 1 heterocycles. The molecule has 1 amide bonds. The quantitative estimate of drug-likeness (QED) is 0.711. The summed E-state index contributed by atoms with van der Waals surface area (Å²) in [6, 6.07) is 16.2. The van der Waals surface area contributed by atoms with Gasteiger partial charge in [-0.05, 0) is 36.2 Å². The van der Waals surface area contributed by atoms with Crippen LogP contribution < -0.4 is 10.6 Å². The van der Waals surface area contributed by atoms with Crippen molar-refractivity contribution in [3.8, 4) is 0 Å². The van der Waals surface area contributed by atoms with Gasteiger partial charge in [-0.15, -0.1) is 10.2 Å². The van der Waals surface area contributed by atoms with Crippen molar-refractivity contribution in [3.63, 3.8) is 0 Å². The molecule has 0 saturated carbocycles. The predicted molar refractivity (Wildman–Crippen MR) is 94.2 cm³/mol. The average molecular weight is 354 g/mol. The SMILES string of the molecule is O=C(NCCc1ccccc1)c1ccc(Nc2c(F)cccc2F)nn1. The standard InChI is InChI=1S/C19H16F2N4O/c20-14-7-4-8-15(21)18(14)23-17-10-9-16(24-25-17)19(26)22-12-11-13-5-2-1-3-6-13/h1-10H,11-12H2,(H,22,26)(H,23,25). The number of rotatable bonds is 6. The summed E-state index contributed by atoms with van der Waals surface area (Å²) < 4.78 is 27.2. The number of nitrogens with one attached hydrogen (secondary N) is 2. The molecule has 0 aliphatic carbocycles. The van der Waals surface area contributed by atoms with Crippen molar-refractivity contribution in [2.75, 3.05) is 11.9 Å². The van der Waals surface area contributed by atoms with Crippen molar-refractivity contribution in [2.45, 2.75) is 6.42 Å². The maximum absolute atomic E-state index is 13.6. The molecule has 0 aliphatic rings. The largest absolute Gasteiger partial charge is 0.350 e. The van der Waals surface area contributed by atoms with Gasteiger partial charge in [0, 0.05) is 6.54 Å². The van der Waals surface area contributed by atoms with Crippen molar-refractivity contribution >= 4 is 17.4 Å². The van der Waals surface area contributed by atoms with Crippen LogP contribution >= 0.6 is 0 Å². The van der Waals surface area contributed by atoms with Gasteiger partial charge in [-0.2, -0.15) is 0 Å². The molecule has 2 aromatic carbocycles. The van der Waals surface area contributed by atoms with Crippen LogP contribution in [0.4, 0.5) is 20.3 Å². The fourth-order valence-corrected chi connectivity index (χ4v) is 2.32. The van der Waals surface area contributed by atoms with Gasteiger partial charge in [0.1, 0.15) is 17.3 Å². The van der Waals surface area contributed by atoms with Gasteiger partial charge in [-0.3, -0.25) is 4.79 Å². The van der Waals surface area contributed by atoms with Crippen molar-refractivity contribution in [3.05, 3.63) is 83.6 Å². The molecular weight excluding hydrogens is 338 g/mol. The number of amides is 1. The molecule has 5 nitrogen and oxygen atoms in total. The van der Waals surface area contributed by atoms with Gasteiger partial charge < -0.3 is 10.6 Å². The Kier molecular flexibility index (Phi) is 5.48. The van der Waals surface area contributed by atoms with Crippen LogP contribution in [0.25, 0.3) is 0 Å². The Morgan fingerprint density at radius 2 is 1.62 bits per heavy atom. The van der Waals surface area contributed by atoms with Gasteiger partial charge >= 0.3 is 0 Å². The minimum absolute atomic E-state index is 0.123. The number of halogens is 2. The average Bonchev–Trinajstić information content (AvgIpc) is 2.66. The third kappa shape index (κ3) is 4.38. The molecule has 0 radical (unpaired) electrons. The molecule has 0 saturated heterocycles. The summed E-state index contributed by atoms with van der Waals surface area (Å²) in [5.41, 5.74) is 0.921. The summed E-state index contributed by atoms with van der Waals surface area (Å²) in [7, 11) is 0. The molecule has 0 atom stereocenters. The lowest BCUT2D eigenvalue weighted by molar-refractivity contribution is 0.0948. The highest BCUT2D eigenvalue weighted by Crippen LogP contribution is 2.21. The zero-order valence-corrected chi connectivity index (χ0v) is 13.7. The molecule has 0 spiro atoms. The second-order valence-corrected chi connectivity index (χ2v) is 5.52. The molecule has 0 aliphatic heterocycles. The van der Waals surface area contributed by atoms with Gasteiger partial charge in [0.25, 0.3) is 5.91 Å². The highest BCUT2D eigenvalue weighted by Gasteiger charge is 2.11. The van der Waals surface area contributed by atoms with Crippen LogP contribution in [-0.4, -0.2) is 22.6 Å². The normalized spacial score (nSPS) is 10.4. The zero-order chi connectivity index (χ0) is 18.4. The summed E-state index contributed by atoms with van der Waals surface area (Å²) >= 11 is 0. The molecule has 1 aromatic heterocycles. The van der Waals surface area contributed by atoms with E-state index in [0.717, 1.165) is 17.7 Å². The van der Waals surface area contributed by atoms with E-state index in [1.165, 1.54) is 18.2 Å². The van der Waals surface area contributed by atoms with Crippen LogP contribution in [0.5, 0.6) is 0 Å². The summed E-state index contributed by atoms with van der Waals surface area (Å²) in [4.78, 5) is 12.1. The van der Waals surface area contributed by atoms with Crippen LogP contribution in [0.1, 0.15) is 16.1 Å². The number of carbonyl (C=O) groups excluding carboxylic acids is 1. The predicted octanol–water partition coefficient (Wildman–Crippen LogP) is 3.47. The Morgan fingerprint density at radius 1 is 0.885 bits per heavy atom. The van der Waals surface area contributed by atoms with Gasteiger partial charge in [0.15, 0.2) is 11.5 Å². The van der Waals surface area contributed by atoms with Crippen molar-refractivity contribution < 1.29 is 13.6 Å². The van der Waals surface area contributed by atoms with Gasteiger partial charge in [0.05, 0.1) is 0 Å². The van der Waals surface area contributed by atoms with Crippen molar-refractivity contribution in [1.29, 1.82) is 0 Å². The molecule has 3 rings (SSSR count). The Bertz CT molecular complexity index is 866. The third-order valence-corrected chi connectivity index (χ3v) is 3.66. The Morgan fingerprint density at radius 3 is 2.27 bits per heavy atom. The number of aromatic nitrogens is 2. The van der Waals surface area contributed by atoms with Crippen molar-refractivity contribution in [1.82, 2.24) is 15.5 Å². The smallest absolute Gasteiger partial charge is 0.271 e. The van der Waals surface area contributed by atoms with E-state index in [1.807, 2.05) is 30.3 Å². The summed E-state index contributed by atoms with van der Waals surface area (Å²) in [6.45, 7) is 0.463. The molecule has 7 heteroatoms. The maximum Gasteiger partial charge on any atom is 0.271 e. The van der Waals surface area contributed by atoms with E-state index < -0.39 is 11.6 Å². The first-order valence-corrected chi connectivity index (χ1v) is 8.00. The first-order valence-electron chi connectivity index (χ1n) is 8.00. The number of carbonyl (C=O) groups is 1. The molecule has 0 fully saturated rings. The number of hydrogen-bond acceptors (Lipinski definition) is 4. The first kappa shape index (κ1) is 17.5. The van der Waals surface area contributed by atoms with Crippen molar-refractivity contribution in [2.24, 2.45) is 0 Å². The van der Waals surface area contributed by atoms with E-state index in [2.05, 4.69) is 20.8 Å². The number of hydrogen-bond donors (Lipinski definition) is 2. The van der Waals surface area contributed by atoms with Crippen LogP contribution in [-0.2, 0) is 6.42 Å². The Labute approximate surface area is 149 Å².